The fraction of sp³-hybridized carbons (Fsp3) is 0.533. The maximum atomic E-state index is 12.3. The molecule has 0 saturated heterocycles. The van der Waals surface area contributed by atoms with Crippen LogP contribution in [0, 0.1) is 0 Å². The van der Waals surface area contributed by atoms with E-state index >= 15 is 0 Å². The van der Waals surface area contributed by atoms with Gasteiger partial charge in [0.2, 0.25) is 0 Å². The number of carbonyl (C=O) groups is 1. The van der Waals surface area contributed by atoms with Crippen molar-refractivity contribution in [1.29, 1.82) is 0 Å². The smallest absolute Gasteiger partial charge is 0.500 e. The molecule has 13 heteroatoms. The molecule has 0 aliphatic rings. The number of nitrogens with one attached hydrogen (secondary N) is 2. The van der Waals surface area contributed by atoms with Gasteiger partial charge in [-0.25, -0.2) is 0 Å². The molecule has 0 heterocycles. The fourth-order valence-corrected chi connectivity index (χ4v) is 4.68. The van der Waals surface area contributed by atoms with Gasteiger partial charge in [0.05, 0.1) is 11.3 Å². The van der Waals surface area contributed by atoms with Crippen LogP contribution in [0.15, 0.2) is 28.2 Å². The number of amides is 1. The number of benzene rings is 1. The van der Waals surface area contributed by atoms with Crippen LogP contribution in [0.3, 0.4) is 0 Å². The molecule has 0 spiro atoms. The second-order valence-corrected chi connectivity index (χ2v) is 9.48. The molecule has 1 atom stereocenters. The third-order valence-electron chi connectivity index (χ3n) is 3.92. The van der Waals surface area contributed by atoms with E-state index < -0.39 is 25.8 Å². The van der Waals surface area contributed by atoms with Gasteiger partial charge < -0.3 is 28.5 Å². The largest absolute Gasteiger partial charge is 0.768 e. The average Bonchev–Trinajstić information content (AvgIpc) is 2.70. The maximum Gasteiger partial charge on any atom is 0.500 e. The van der Waals surface area contributed by atoms with Gasteiger partial charge in [0, 0.05) is 50.3 Å². The first kappa shape index (κ1) is 24.2. The van der Waals surface area contributed by atoms with Crippen LogP contribution in [0.25, 0.3) is 10.4 Å². The first-order valence-corrected chi connectivity index (χ1v) is 11.4. The molecule has 2 N–H and O–H groups in total. The fourth-order valence-electron chi connectivity index (χ4n) is 2.46. The van der Waals surface area contributed by atoms with Crippen LogP contribution < -0.4 is 10.6 Å². The Kier molecular flexibility index (Phi) is 10.9. The zero-order valence-electron chi connectivity index (χ0n) is 16.0. The highest BCUT2D eigenvalue weighted by Gasteiger charge is 2.36. The topological polar surface area (TPSA) is 158 Å². The maximum absolute atomic E-state index is 12.3. The Hall–Kier alpha value is -1.83. The molecule has 0 aliphatic carbocycles. The molecule has 1 amide bonds. The molecule has 0 fully saturated rings. The van der Waals surface area contributed by atoms with E-state index in [1.807, 2.05) is 0 Å². The Morgan fingerprint density at radius 1 is 1.25 bits per heavy atom. The summed E-state index contributed by atoms with van der Waals surface area (Å²) in [5.74, 6) is -0.527. The summed E-state index contributed by atoms with van der Waals surface area (Å²) in [6.07, 6.45) is 0.772. The van der Waals surface area contributed by atoms with Crippen LogP contribution in [0.4, 0.5) is 5.69 Å². The van der Waals surface area contributed by atoms with E-state index in [0.717, 1.165) is 6.42 Å². The summed E-state index contributed by atoms with van der Waals surface area (Å²) in [6.45, 7) is 1.48. The lowest BCUT2D eigenvalue weighted by atomic mass is 10.1. The second-order valence-electron chi connectivity index (χ2n) is 5.48. The van der Waals surface area contributed by atoms with Gasteiger partial charge in [0.15, 0.2) is 0 Å². The molecule has 0 bridgehead atoms. The molecular formula is C15H24N5O6SSi-. The van der Waals surface area contributed by atoms with E-state index in [1.54, 1.807) is 21.3 Å². The van der Waals surface area contributed by atoms with Gasteiger partial charge in [-0.3, -0.25) is 9.00 Å². The van der Waals surface area contributed by atoms with Crippen molar-refractivity contribution in [2.75, 3.05) is 41.0 Å². The van der Waals surface area contributed by atoms with E-state index in [9.17, 15) is 13.6 Å². The van der Waals surface area contributed by atoms with Gasteiger partial charge in [0.1, 0.15) is 0 Å². The van der Waals surface area contributed by atoms with Gasteiger partial charge in [-0.2, -0.15) is 0 Å². The van der Waals surface area contributed by atoms with Crippen LogP contribution >= 0.6 is 0 Å². The highest BCUT2D eigenvalue weighted by atomic mass is 32.2. The van der Waals surface area contributed by atoms with Crippen molar-refractivity contribution in [3.05, 3.63) is 34.2 Å². The zero-order valence-corrected chi connectivity index (χ0v) is 17.8. The lowest BCUT2D eigenvalue weighted by molar-refractivity contribution is 0.0954. The third-order valence-corrected chi connectivity index (χ3v) is 7.45. The van der Waals surface area contributed by atoms with Crippen molar-refractivity contribution in [3.8, 4) is 0 Å². The summed E-state index contributed by atoms with van der Waals surface area (Å²) < 4.78 is 38.4. The summed E-state index contributed by atoms with van der Waals surface area (Å²) >= 11 is -2.62. The van der Waals surface area contributed by atoms with Gasteiger partial charge in [-0.05, 0) is 41.7 Å². The molecule has 0 aromatic heterocycles. The lowest BCUT2D eigenvalue weighted by Crippen LogP contribution is -2.43. The van der Waals surface area contributed by atoms with Crippen LogP contribution in [-0.2, 0) is 24.4 Å². The van der Waals surface area contributed by atoms with Crippen molar-refractivity contribution < 1.29 is 26.8 Å². The molecule has 11 nitrogen and oxygen atoms in total. The second kappa shape index (κ2) is 12.6. The monoisotopic (exact) mass is 430 g/mol. The number of rotatable bonds is 13. The minimum Gasteiger partial charge on any atom is -0.768 e. The summed E-state index contributed by atoms with van der Waals surface area (Å²) in [5.41, 5.74) is 8.41. The first-order valence-electron chi connectivity index (χ1n) is 8.36. The van der Waals surface area contributed by atoms with Gasteiger partial charge in [-0.1, -0.05) is 11.2 Å². The van der Waals surface area contributed by atoms with E-state index in [-0.39, 0.29) is 16.1 Å². The lowest BCUT2D eigenvalue weighted by Gasteiger charge is -2.24. The van der Waals surface area contributed by atoms with Crippen LogP contribution in [0.1, 0.15) is 16.8 Å². The highest BCUT2D eigenvalue weighted by Crippen LogP contribution is 2.27. The molecule has 1 rings (SSSR count). The number of hydrogen-bond acceptors (Lipinski definition) is 8. The molecule has 156 valence electrons. The number of carbonyl (C=O) groups excluding carboxylic acids is 1. The van der Waals surface area contributed by atoms with Crippen molar-refractivity contribution in [1.82, 2.24) is 10.6 Å². The standard InChI is InChI=1S/C15H25N5O6SSi/c1-24-28(25-2,26-3)11-5-8-17-9-10-18-15(21)12-6-4-7-13(27(22)23)14(12)19-20-16/h4,6-7,17H,5,8-11H2,1-3H3,(H,18,21)(H,22,23)/p-1. The quantitative estimate of drug-likeness (QED) is 0.120. The average molecular weight is 431 g/mol. The van der Waals surface area contributed by atoms with E-state index in [2.05, 4.69) is 20.7 Å². The number of hydrogen-bond donors (Lipinski definition) is 2. The Labute approximate surface area is 167 Å². The van der Waals surface area contributed by atoms with Crippen LogP contribution in [-0.4, -0.2) is 64.4 Å². The Morgan fingerprint density at radius 2 is 1.93 bits per heavy atom. The molecule has 1 aromatic rings. The van der Waals surface area contributed by atoms with Gasteiger partial charge >= 0.3 is 8.80 Å². The number of nitrogens with zero attached hydrogens (tertiary/aromatic N) is 3. The predicted molar refractivity (Wildman–Crippen MR) is 104 cm³/mol. The predicted octanol–water partition coefficient (Wildman–Crippen LogP) is 1.45. The molecular weight excluding hydrogens is 406 g/mol. The van der Waals surface area contributed by atoms with E-state index in [0.29, 0.717) is 25.7 Å². The third kappa shape index (κ3) is 6.96. The first-order chi connectivity index (χ1) is 13.4. The van der Waals surface area contributed by atoms with Gasteiger partial charge in [0.25, 0.3) is 5.91 Å². The molecule has 1 aromatic carbocycles. The Balaban J connectivity index is 2.49. The van der Waals surface area contributed by atoms with Crippen LogP contribution in [0.5, 0.6) is 0 Å². The molecule has 0 saturated carbocycles. The molecule has 1 unspecified atom stereocenters. The van der Waals surface area contributed by atoms with Gasteiger partial charge in [-0.15, -0.1) is 0 Å². The molecule has 0 radical (unpaired) electrons. The van der Waals surface area contributed by atoms with Crippen molar-refractivity contribution in [3.63, 3.8) is 0 Å². The zero-order chi connectivity index (χ0) is 21.0. The van der Waals surface area contributed by atoms with Crippen molar-refractivity contribution in [2.24, 2.45) is 5.11 Å². The Morgan fingerprint density at radius 3 is 2.50 bits per heavy atom. The van der Waals surface area contributed by atoms with E-state index in [1.165, 1.54) is 18.2 Å². The number of azide groups is 1. The summed E-state index contributed by atoms with van der Waals surface area (Å²) in [7, 11) is 2.10. The van der Waals surface area contributed by atoms with Crippen molar-refractivity contribution >= 4 is 31.5 Å². The summed E-state index contributed by atoms with van der Waals surface area (Å²) in [6, 6.07) is 4.72. The minimum atomic E-state index is -2.62. The van der Waals surface area contributed by atoms with Crippen LogP contribution in [0.2, 0.25) is 6.04 Å². The molecule has 0 aliphatic heterocycles. The summed E-state index contributed by atoms with van der Waals surface area (Å²) in [5, 5.41) is 9.16. The SMILES string of the molecule is CO[Si](CCCNCCNC(=O)c1cccc(S(=O)[O-])c1N=[N+]=[N-])(OC)OC. The van der Waals surface area contributed by atoms with Crippen molar-refractivity contribution in [2.45, 2.75) is 17.4 Å². The highest BCUT2D eigenvalue weighted by molar-refractivity contribution is 7.79. The normalized spacial score (nSPS) is 12.3. The molecule has 28 heavy (non-hydrogen) atoms. The van der Waals surface area contributed by atoms with E-state index in [4.69, 9.17) is 18.8 Å². The Bertz CT molecular complexity index is 719. The minimum absolute atomic E-state index is 0.00410. The summed E-state index contributed by atoms with van der Waals surface area (Å²) in [4.78, 5) is 14.6.